The molecule has 9 heteroatoms. The van der Waals surface area contributed by atoms with Crippen LogP contribution in [0, 0.1) is 11.6 Å². The Morgan fingerprint density at radius 3 is 2.67 bits per heavy atom. The van der Waals surface area contributed by atoms with E-state index >= 15 is 0 Å². The Morgan fingerprint density at radius 2 is 1.95 bits per heavy atom. The molecule has 0 aliphatic heterocycles. The van der Waals surface area contributed by atoms with E-state index in [0.717, 1.165) is 6.07 Å². The number of nitrogens with zero attached hydrogens (tertiary/aromatic N) is 4. The quantitative estimate of drug-likeness (QED) is 0.676. The van der Waals surface area contributed by atoms with Crippen LogP contribution < -0.4 is 4.74 Å². The number of hydrogen-bond donors (Lipinski definition) is 0. The highest BCUT2D eigenvalue weighted by molar-refractivity contribution is 6.38. The molecule has 2 heterocycles. The van der Waals surface area contributed by atoms with Crippen LogP contribution in [0.3, 0.4) is 0 Å². The van der Waals surface area contributed by atoms with Crippen LogP contribution in [0.2, 0.25) is 10.3 Å². The smallest absolute Gasteiger partial charge is 0.255 e. The molecule has 0 atom stereocenters. The minimum Gasteiger partial charge on any atom is -0.496 e. The molecule has 0 radical (unpaired) electrons. The summed E-state index contributed by atoms with van der Waals surface area (Å²) in [7, 11) is 1.28. The average molecular weight is 331 g/mol. The summed E-state index contributed by atoms with van der Waals surface area (Å²) < 4.78 is 33.6. The van der Waals surface area contributed by atoms with Crippen LogP contribution in [0.1, 0.15) is 0 Å². The molecule has 3 aromatic rings. The van der Waals surface area contributed by atoms with Gasteiger partial charge in [-0.3, -0.25) is 0 Å². The maximum atomic E-state index is 14.2. The summed E-state index contributed by atoms with van der Waals surface area (Å²) in [5, 5.41) is 3.76. The van der Waals surface area contributed by atoms with Crippen molar-refractivity contribution < 1.29 is 13.5 Å². The van der Waals surface area contributed by atoms with Gasteiger partial charge < -0.3 is 4.74 Å². The van der Waals surface area contributed by atoms with Gasteiger partial charge in [0.1, 0.15) is 34.0 Å². The highest BCUT2D eigenvalue weighted by Crippen LogP contribution is 2.40. The van der Waals surface area contributed by atoms with Gasteiger partial charge in [0.25, 0.3) is 5.78 Å². The van der Waals surface area contributed by atoms with E-state index in [2.05, 4.69) is 15.1 Å². The van der Waals surface area contributed by atoms with E-state index in [-0.39, 0.29) is 33.0 Å². The first-order valence-corrected chi connectivity index (χ1v) is 6.36. The van der Waals surface area contributed by atoms with Crippen molar-refractivity contribution in [3.63, 3.8) is 0 Å². The molecule has 2 aromatic heterocycles. The van der Waals surface area contributed by atoms with Crippen LogP contribution in [0.5, 0.6) is 5.75 Å². The summed E-state index contributed by atoms with van der Waals surface area (Å²) in [6.07, 6.45) is 1.23. The molecule has 21 heavy (non-hydrogen) atoms. The van der Waals surface area contributed by atoms with Gasteiger partial charge in [-0.05, 0) is 0 Å². The van der Waals surface area contributed by atoms with Gasteiger partial charge in [0.15, 0.2) is 0 Å². The summed E-state index contributed by atoms with van der Waals surface area (Å²) >= 11 is 12.2. The van der Waals surface area contributed by atoms with Crippen LogP contribution in [0.15, 0.2) is 18.5 Å². The van der Waals surface area contributed by atoms with Gasteiger partial charge in [0.05, 0.1) is 18.2 Å². The lowest BCUT2D eigenvalue weighted by Gasteiger charge is -2.13. The molecular weight excluding hydrogens is 325 g/mol. The molecule has 0 unspecified atom stereocenters. The molecule has 0 spiro atoms. The van der Waals surface area contributed by atoms with Crippen LogP contribution in [0.4, 0.5) is 8.78 Å². The fourth-order valence-electron chi connectivity index (χ4n) is 1.94. The van der Waals surface area contributed by atoms with Crippen molar-refractivity contribution in [1.29, 1.82) is 0 Å². The Kier molecular flexibility index (Phi) is 3.38. The zero-order chi connectivity index (χ0) is 15.1. The van der Waals surface area contributed by atoms with Crippen LogP contribution >= 0.6 is 23.2 Å². The molecule has 0 amide bonds. The Hall–Kier alpha value is -1.99. The standard InChI is InChI=1S/C12H6Cl2F2N4O/c1-21-7-3-5(15)2-6(16)8(7)9-10(13)19-12-17-4-18-20(12)11(9)14/h2-4H,1H3. The maximum absolute atomic E-state index is 14.2. The number of methoxy groups -OCH3 is 1. The molecule has 0 saturated heterocycles. The Labute approximate surface area is 127 Å². The number of halogens is 4. The summed E-state index contributed by atoms with van der Waals surface area (Å²) in [5.74, 6) is -1.56. The van der Waals surface area contributed by atoms with Crippen molar-refractivity contribution in [1.82, 2.24) is 19.6 Å². The van der Waals surface area contributed by atoms with Crippen molar-refractivity contribution in [2.24, 2.45) is 0 Å². The van der Waals surface area contributed by atoms with E-state index in [0.29, 0.717) is 6.07 Å². The molecular formula is C12H6Cl2F2N4O. The highest BCUT2D eigenvalue weighted by atomic mass is 35.5. The normalized spacial score (nSPS) is 11.1. The summed E-state index contributed by atoms with van der Waals surface area (Å²) in [6.45, 7) is 0. The first-order chi connectivity index (χ1) is 10.0. The van der Waals surface area contributed by atoms with Crippen LogP contribution in [-0.4, -0.2) is 26.7 Å². The zero-order valence-electron chi connectivity index (χ0n) is 10.4. The number of hydrogen-bond acceptors (Lipinski definition) is 4. The lowest BCUT2D eigenvalue weighted by atomic mass is 10.1. The molecule has 0 saturated carbocycles. The molecule has 108 valence electrons. The zero-order valence-corrected chi connectivity index (χ0v) is 12.0. The second kappa shape index (κ2) is 5.09. The van der Waals surface area contributed by atoms with Crippen LogP contribution in [0.25, 0.3) is 16.9 Å². The van der Waals surface area contributed by atoms with Crippen molar-refractivity contribution in [3.05, 3.63) is 40.4 Å². The fourth-order valence-corrected chi connectivity index (χ4v) is 2.56. The predicted octanol–water partition coefficient (Wildman–Crippen LogP) is 3.38. The Morgan fingerprint density at radius 1 is 1.19 bits per heavy atom. The third-order valence-corrected chi connectivity index (χ3v) is 3.44. The van der Waals surface area contributed by atoms with Crippen molar-refractivity contribution in [2.75, 3.05) is 7.11 Å². The number of aromatic nitrogens is 4. The number of benzene rings is 1. The van der Waals surface area contributed by atoms with Gasteiger partial charge >= 0.3 is 0 Å². The van der Waals surface area contributed by atoms with Crippen molar-refractivity contribution in [3.8, 4) is 16.9 Å². The summed E-state index contributed by atoms with van der Waals surface area (Å²) in [5.41, 5.74) is -0.0514. The first-order valence-electron chi connectivity index (χ1n) is 5.61. The fraction of sp³-hybridized carbons (Fsp3) is 0.0833. The van der Waals surface area contributed by atoms with E-state index in [1.54, 1.807) is 0 Å². The van der Waals surface area contributed by atoms with E-state index in [9.17, 15) is 8.78 Å². The third-order valence-electron chi connectivity index (χ3n) is 2.82. The second-order valence-electron chi connectivity index (χ2n) is 4.01. The van der Waals surface area contributed by atoms with Gasteiger partial charge in [-0.25, -0.2) is 8.78 Å². The third kappa shape index (κ3) is 2.18. The first kappa shape index (κ1) is 14.0. The Bertz CT molecular complexity index is 853. The molecule has 0 fully saturated rings. The molecule has 1 aromatic carbocycles. The maximum Gasteiger partial charge on any atom is 0.255 e. The molecule has 0 N–H and O–H groups in total. The monoisotopic (exact) mass is 330 g/mol. The Balaban J connectivity index is 2.40. The van der Waals surface area contributed by atoms with Gasteiger partial charge in [0, 0.05) is 12.1 Å². The largest absolute Gasteiger partial charge is 0.496 e. The van der Waals surface area contributed by atoms with Gasteiger partial charge in [-0.1, -0.05) is 23.2 Å². The highest BCUT2D eigenvalue weighted by Gasteiger charge is 2.23. The molecule has 0 aliphatic carbocycles. The number of fused-ring (bicyclic) bond motifs is 1. The summed E-state index contributed by atoms with van der Waals surface area (Å²) in [6, 6.07) is 1.73. The second-order valence-corrected chi connectivity index (χ2v) is 4.72. The number of rotatable bonds is 2. The van der Waals surface area contributed by atoms with E-state index in [1.807, 2.05) is 0 Å². The summed E-state index contributed by atoms with van der Waals surface area (Å²) in [4.78, 5) is 7.81. The van der Waals surface area contributed by atoms with Crippen molar-refractivity contribution in [2.45, 2.75) is 0 Å². The molecule has 0 bridgehead atoms. The lowest BCUT2D eigenvalue weighted by molar-refractivity contribution is 0.409. The molecule has 5 nitrogen and oxygen atoms in total. The average Bonchev–Trinajstić information content (AvgIpc) is 2.88. The van der Waals surface area contributed by atoms with E-state index in [4.69, 9.17) is 27.9 Å². The van der Waals surface area contributed by atoms with E-state index in [1.165, 1.54) is 18.0 Å². The minimum atomic E-state index is -0.878. The van der Waals surface area contributed by atoms with E-state index < -0.39 is 11.6 Å². The topological polar surface area (TPSA) is 52.3 Å². The number of ether oxygens (including phenoxy) is 1. The van der Waals surface area contributed by atoms with Gasteiger partial charge in [-0.15, -0.1) is 0 Å². The van der Waals surface area contributed by atoms with Gasteiger partial charge in [0.2, 0.25) is 0 Å². The predicted molar refractivity (Wildman–Crippen MR) is 72.7 cm³/mol. The van der Waals surface area contributed by atoms with Crippen LogP contribution in [-0.2, 0) is 0 Å². The van der Waals surface area contributed by atoms with Crippen molar-refractivity contribution >= 4 is 29.0 Å². The molecule has 0 aliphatic rings. The SMILES string of the molecule is COc1cc(F)cc(F)c1-c1c(Cl)nc2ncnn2c1Cl. The van der Waals surface area contributed by atoms with Gasteiger partial charge in [-0.2, -0.15) is 19.6 Å². The molecule has 3 rings (SSSR count). The lowest BCUT2D eigenvalue weighted by Crippen LogP contribution is -2.01. The minimum absolute atomic E-state index is 0.00805.